The van der Waals surface area contributed by atoms with Crippen LogP contribution in [0.4, 0.5) is 0 Å². The summed E-state index contributed by atoms with van der Waals surface area (Å²) in [6.07, 6.45) is -0.754. The van der Waals surface area contributed by atoms with E-state index in [0.717, 1.165) is 0 Å². The van der Waals surface area contributed by atoms with Crippen molar-refractivity contribution in [3.63, 3.8) is 0 Å². The molecular formula is C24H33Cl4NO4Si. The van der Waals surface area contributed by atoms with Crippen molar-refractivity contribution in [2.45, 2.75) is 84.3 Å². The molecule has 2 amide bonds. The molecule has 5 nitrogen and oxygen atoms in total. The Kier molecular flexibility index (Phi) is 8.47. The Bertz CT molecular complexity index is 931. The average molecular weight is 569 g/mol. The summed E-state index contributed by atoms with van der Waals surface area (Å²) in [7, 11) is -2.39. The van der Waals surface area contributed by atoms with Gasteiger partial charge in [0, 0.05) is 0 Å². The first-order valence-electron chi connectivity index (χ1n) is 11.7. The number of hydrogen-bond acceptors (Lipinski definition) is 4. The van der Waals surface area contributed by atoms with Crippen LogP contribution in [0.25, 0.3) is 0 Å². The number of imide groups is 1. The SMILES string of the molecule is CC1COC(O[Si](C(C)C)(C(C)C)C(C)C)C(N2C(=O)c3c(Cl)c(Cl)c(Cl)c(Cl)c3C2=O)C1C. The molecule has 1 fully saturated rings. The van der Waals surface area contributed by atoms with Crippen LogP contribution in [-0.4, -0.2) is 44.0 Å². The smallest absolute Gasteiger partial charge is 0.263 e. The lowest BCUT2D eigenvalue weighted by Crippen LogP contribution is -2.61. The molecule has 2 heterocycles. The van der Waals surface area contributed by atoms with Crippen LogP contribution >= 0.6 is 46.4 Å². The van der Waals surface area contributed by atoms with E-state index in [2.05, 4.69) is 41.5 Å². The van der Waals surface area contributed by atoms with Crippen LogP contribution < -0.4 is 0 Å². The van der Waals surface area contributed by atoms with Gasteiger partial charge in [-0.05, 0) is 28.5 Å². The molecule has 0 spiro atoms. The molecule has 0 aliphatic carbocycles. The fourth-order valence-electron chi connectivity index (χ4n) is 5.79. The number of ether oxygens (including phenoxy) is 1. The fraction of sp³-hybridized carbons (Fsp3) is 0.667. The largest absolute Gasteiger partial charge is 0.390 e. The molecule has 4 atom stereocenters. The molecule has 10 heteroatoms. The van der Waals surface area contributed by atoms with Gasteiger partial charge in [-0.25, -0.2) is 0 Å². The van der Waals surface area contributed by atoms with E-state index < -0.39 is 32.5 Å². The van der Waals surface area contributed by atoms with Gasteiger partial charge in [-0.15, -0.1) is 0 Å². The van der Waals surface area contributed by atoms with Gasteiger partial charge in [0.25, 0.3) is 11.8 Å². The zero-order valence-corrected chi connectivity index (χ0v) is 24.9. The van der Waals surface area contributed by atoms with Crippen molar-refractivity contribution in [1.29, 1.82) is 0 Å². The van der Waals surface area contributed by atoms with Gasteiger partial charge >= 0.3 is 0 Å². The highest BCUT2D eigenvalue weighted by atomic mass is 35.5. The van der Waals surface area contributed by atoms with E-state index in [-0.39, 0.29) is 43.1 Å². The van der Waals surface area contributed by atoms with Crippen molar-refractivity contribution in [2.75, 3.05) is 6.61 Å². The highest BCUT2D eigenvalue weighted by Gasteiger charge is 2.55. The number of rotatable bonds is 6. The summed E-state index contributed by atoms with van der Waals surface area (Å²) < 4.78 is 13.2. The predicted octanol–water partition coefficient (Wildman–Crippen LogP) is 8.09. The van der Waals surface area contributed by atoms with Crippen molar-refractivity contribution in [1.82, 2.24) is 4.90 Å². The Morgan fingerprint density at radius 1 is 0.824 bits per heavy atom. The molecule has 2 aliphatic heterocycles. The molecule has 3 rings (SSSR count). The molecule has 34 heavy (non-hydrogen) atoms. The van der Waals surface area contributed by atoms with Crippen molar-refractivity contribution in [3.8, 4) is 0 Å². The monoisotopic (exact) mass is 567 g/mol. The van der Waals surface area contributed by atoms with Crippen LogP contribution in [0.3, 0.4) is 0 Å². The quantitative estimate of drug-likeness (QED) is 0.150. The van der Waals surface area contributed by atoms with Crippen molar-refractivity contribution >= 4 is 66.5 Å². The third-order valence-electron chi connectivity index (χ3n) is 7.70. The molecule has 0 saturated carbocycles. The van der Waals surface area contributed by atoms with Crippen LogP contribution in [0.5, 0.6) is 0 Å². The number of benzene rings is 1. The van der Waals surface area contributed by atoms with Crippen LogP contribution in [0.15, 0.2) is 0 Å². The summed E-state index contributed by atoms with van der Waals surface area (Å²) in [5.74, 6) is -1.10. The summed E-state index contributed by atoms with van der Waals surface area (Å²) in [5.41, 5.74) is 0.867. The Morgan fingerprint density at radius 2 is 1.24 bits per heavy atom. The van der Waals surface area contributed by atoms with Crippen LogP contribution in [-0.2, 0) is 9.16 Å². The van der Waals surface area contributed by atoms with Crippen molar-refractivity contribution in [3.05, 3.63) is 31.2 Å². The third kappa shape index (κ3) is 4.25. The van der Waals surface area contributed by atoms with Gasteiger partial charge in [0.1, 0.15) is 0 Å². The Hall–Kier alpha value is -0.343. The minimum atomic E-state index is -2.39. The molecule has 1 saturated heterocycles. The summed E-state index contributed by atoms with van der Waals surface area (Å²) >= 11 is 25.2. The molecule has 0 bridgehead atoms. The van der Waals surface area contributed by atoms with E-state index in [4.69, 9.17) is 55.6 Å². The van der Waals surface area contributed by atoms with E-state index >= 15 is 0 Å². The molecule has 0 radical (unpaired) electrons. The van der Waals surface area contributed by atoms with Crippen LogP contribution in [0.2, 0.25) is 36.7 Å². The van der Waals surface area contributed by atoms with Gasteiger partial charge in [-0.1, -0.05) is 102 Å². The van der Waals surface area contributed by atoms with Crippen molar-refractivity contribution < 1.29 is 18.8 Å². The molecular weight excluding hydrogens is 536 g/mol. The molecule has 0 N–H and O–H groups in total. The Balaban J connectivity index is 2.13. The number of nitrogens with zero attached hydrogens (tertiary/aromatic N) is 1. The number of carbonyl (C=O) groups is 2. The molecule has 190 valence electrons. The first kappa shape index (κ1) is 28.2. The van der Waals surface area contributed by atoms with Crippen molar-refractivity contribution in [2.24, 2.45) is 11.8 Å². The van der Waals surface area contributed by atoms with E-state index in [1.165, 1.54) is 4.90 Å². The number of fused-ring (bicyclic) bond motifs is 1. The maximum Gasteiger partial charge on any atom is 0.263 e. The lowest BCUT2D eigenvalue weighted by molar-refractivity contribution is -0.179. The van der Waals surface area contributed by atoms with Gasteiger partial charge in [-0.2, -0.15) is 0 Å². The maximum atomic E-state index is 13.7. The summed E-state index contributed by atoms with van der Waals surface area (Å²) in [6.45, 7) is 17.6. The van der Waals surface area contributed by atoms with Gasteiger partial charge in [0.05, 0.1) is 43.9 Å². The average Bonchev–Trinajstić information content (AvgIpc) is 3.01. The van der Waals surface area contributed by atoms with Gasteiger partial charge in [-0.3, -0.25) is 14.5 Å². The number of carbonyl (C=O) groups excluding carboxylic acids is 2. The zero-order chi connectivity index (χ0) is 25.9. The lowest BCUT2D eigenvalue weighted by Gasteiger charge is -2.50. The molecule has 1 aromatic rings. The lowest BCUT2D eigenvalue weighted by atomic mass is 9.86. The second-order valence-corrected chi connectivity index (χ2v) is 17.4. The Morgan fingerprint density at radius 3 is 1.62 bits per heavy atom. The highest BCUT2D eigenvalue weighted by Crippen LogP contribution is 2.48. The first-order chi connectivity index (χ1) is 15.7. The minimum Gasteiger partial charge on any atom is -0.390 e. The zero-order valence-electron chi connectivity index (χ0n) is 20.8. The molecule has 4 unspecified atom stereocenters. The normalized spacial score (nSPS) is 25.8. The predicted molar refractivity (Wildman–Crippen MR) is 141 cm³/mol. The van der Waals surface area contributed by atoms with E-state index in [1.807, 2.05) is 13.8 Å². The van der Waals surface area contributed by atoms with E-state index in [1.54, 1.807) is 0 Å². The number of amides is 2. The number of hydrogen-bond donors (Lipinski definition) is 0. The minimum absolute atomic E-state index is 0.0182. The number of halogens is 4. The second kappa shape index (κ2) is 10.2. The standard InChI is InChI=1S/C24H33Cl4NO4Si/c1-10(2)34(11(3)4,12(5)6)33-24-21(14(8)13(7)9-32-24)29-22(30)15-16(23(29)31)18(26)20(28)19(27)17(15)25/h10-14,21,24H,9H2,1-8H3. The summed E-state index contributed by atoms with van der Waals surface area (Å²) in [5, 5.41) is -0.237. The summed E-state index contributed by atoms with van der Waals surface area (Å²) in [4.78, 5) is 28.5. The molecule has 0 aromatic heterocycles. The summed E-state index contributed by atoms with van der Waals surface area (Å²) in [6, 6.07) is -0.649. The Labute approximate surface area is 223 Å². The third-order valence-corrected chi connectivity index (χ3v) is 15.6. The molecule has 2 aliphatic rings. The maximum absolute atomic E-state index is 13.7. The van der Waals surface area contributed by atoms with Crippen LogP contribution in [0.1, 0.15) is 76.1 Å². The van der Waals surface area contributed by atoms with Gasteiger partial charge in [0.2, 0.25) is 8.32 Å². The molecule has 1 aromatic carbocycles. The highest BCUT2D eigenvalue weighted by molar-refractivity contribution is 6.77. The van der Waals surface area contributed by atoms with E-state index in [9.17, 15) is 9.59 Å². The topological polar surface area (TPSA) is 55.8 Å². The van der Waals surface area contributed by atoms with Crippen LogP contribution in [0, 0.1) is 11.8 Å². The fourth-order valence-corrected chi connectivity index (χ4v) is 12.2. The van der Waals surface area contributed by atoms with Gasteiger partial charge < -0.3 is 9.16 Å². The second-order valence-electron chi connectivity index (χ2n) is 10.5. The van der Waals surface area contributed by atoms with Gasteiger partial charge in [0.15, 0.2) is 6.29 Å². The van der Waals surface area contributed by atoms with E-state index in [0.29, 0.717) is 23.2 Å². The first-order valence-corrected chi connectivity index (χ1v) is 15.4.